The van der Waals surface area contributed by atoms with Crippen molar-refractivity contribution in [3.8, 4) is 17.4 Å². The van der Waals surface area contributed by atoms with E-state index in [0.29, 0.717) is 40.2 Å². The Balaban J connectivity index is 1.54. The average Bonchev–Trinajstić information content (AvgIpc) is 3.06. The van der Waals surface area contributed by atoms with Gasteiger partial charge in [-0.3, -0.25) is 14.6 Å². The molecular weight excluding hydrogens is 366 g/mol. The zero-order valence-electron chi connectivity index (χ0n) is 14.8. The second-order valence-corrected chi connectivity index (χ2v) is 7.13. The van der Waals surface area contributed by atoms with Crippen molar-refractivity contribution < 1.29 is 14.3 Å². The van der Waals surface area contributed by atoms with Crippen molar-refractivity contribution in [2.45, 2.75) is 26.9 Å². The number of H-pyrrole nitrogens is 1. The number of thiazole rings is 1. The minimum Gasteiger partial charge on any atom is -0.483 e. The number of pyridine rings is 1. The molecule has 0 saturated heterocycles. The Morgan fingerprint density at radius 1 is 1.41 bits per heavy atom. The van der Waals surface area contributed by atoms with Gasteiger partial charge in [-0.1, -0.05) is 12.1 Å². The number of carbonyl (C=O) groups excluding carboxylic acids is 1. The van der Waals surface area contributed by atoms with Crippen molar-refractivity contribution in [3.05, 3.63) is 62.4 Å². The predicted octanol–water partition coefficient (Wildman–Crippen LogP) is 3.37. The third-order valence-electron chi connectivity index (χ3n) is 4.12. The molecule has 1 aromatic carbocycles. The number of benzene rings is 1. The highest BCUT2D eigenvalue weighted by Crippen LogP contribution is 2.41. The molecule has 4 rings (SSSR count). The van der Waals surface area contributed by atoms with Crippen molar-refractivity contribution in [1.82, 2.24) is 9.97 Å². The Kier molecular flexibility index (Phi) is 4.41. The van der Waals surface area contributed by atoms with Crippen LogP contribution >= 0.6 is 11.3 Å². The quantitative estimate of drug-likeness (QED) is 0.564. The number of nitrogens with zero attached hydrogens (tertiary/aromatic N) is 1. The molecule has 138 valence electrons. The van der Waals surface area contributed by atoms with Gasteiger partial charge in [-0.2, -0.15) is 0 Å². The summed E-state index contributed by atoms with van der Waals surface area (Å²) in [6.07, 6.45) is 0.656. The van der Waals surface area contributed by atoms with Gasteiger partial charge in [0.05, 0.1) is 5.69 Å². The largest absolute Gasteiger partial charge is 0.483 e. The molecule has 0 unspecified atom stereocenters. The lowest BCUT2D eigenvalue weighted by atomic mass is 10.0. The maximum atomic E-state index is 11.9. The molecule has 0 spiro atoms. The van der Waals surface area contributed by atoms with Gasteiger partial charge in [0, 0.05) is 35.4 Å². The van der Waals surface area contributed by atoms with Crippen molar-refractivity contribution in [1.29, 1.82) is 0 Å². The standard InChI is InChI=1S/C19H17N3O4S/c1-10-6-13-7-12-4-3-5-15(16(12)26-18(13)22-17(10)24)25-8-14-9-27-19(21-14)20-11(2)23/h3-6,9H,7-8H2,1-2H3,(H,22,24)(H,20,21,23). The molecule has 1 aliphatic rings. The Morgan fingerprint density at radius 2 is 2.26 bits per heavy atom. The van der Waals surface area contributed by atoms with Gasteiger partial charge in [0.15, 0.2) is 16.6 Å². The molecule has 0 fully saturated rings. The smallest absolute Gasteiger partial charge is 0.253 e. The Labute approximate surface area is 159 Å². The number of rotatable bonds is 4. The third kappa shape index (κ3) is 3.56. The fourth-order valence-corrected chi connectivity index (χ4v) is 3.61. The number of amides is 1. The van der Waals surface area contributed by atoms with Crippen LogP contribution in [0.5, 0.6) is 17.4 Å². The normalized spacial score (nSPS) is 11.9. The molecule has 1 amide bonds. The number of para-hydroxylation sites is 1. The molecule has 0 atom stereocenters. The summed E-state index contributed by atoms with van der Waals surface area (Å²) >= 11 is 1.34. The van der Waals surface area contributed by atoms with Gasteiger partial charge in [-0.15, -0.1) is 11.3 Å². The highest BCUT2D eigenvalue weighted by Gasteiger charge is 2.22. The van der Waals surface area contributed by atoms with Crippen molar-refractivity contribution >= 4 is 22.4 Å². The lowest BCUT2D eigenvalue weighted by Gasteiger charge is -2.22. The van der Waals surface area contributed by atoms with Crippen LogP contribution in [0.2, 0.25) is 0 Å². The fourth-order valence-electron chi connectivity index (χ4n) is 2.87. The molecule has 7 nitrogen and oxygen atoms in total. The van der Waals surface area contributed by atoms with Gasteiger partial charge in [-0.05, 0) is 19.1 Å². The topological polar surface area (TPSA) is 93.3 Å². The summed E-state index contributed by atoms with van der Waals surface area (Å²) in [4.78, 5) is 30.0. The summed E-state index contributed by atoms with van der Waals surface area (Å²) in [6.45, 7) is 3.46. The number of nitrogens with one attached hydrogen (secondary N) is 2. The first-order chi connectivity index (χ1) is 13.0. The van der Waals surface area contributed by atoms with E-state index in [-0.39, 0.29) is 18.1 Å². The SMILES string of the molecule is CC(=O)Nc1nc(COc2cccc3c2Oc2[nH]c(=O)c(C)cc2C3)cs1. The monoisotopic (exact) mass is 383 g/mol. The number of anilines is 1. The summed E-state index contributed by atoms with van der Waals surface area (Å²) in [5.74, 6) is 1.47. The summed E-state index contributed by atoms with van der Waals surface area (Å²) < 4.78 is 11.8. The molecule has 2 aromatic heterocycles. The number of fused-ring (bicyclic) bond motifs is 2. The number of carbonyl (C=O) groups is 1. The van der Waals surface area contributed by atoms with Crippen LogP contribution < -0.4 is 20.3 Å². The van der Waals surface area contributed by atoms with Gasteiger partial charge in [0.2, 0.25) is 11.8 Å². The number of aromatic amines is 1. The molecule has 3 heterocycles. The minimum atomic E-state index is -0.163. The van der Waals surface area contributed by atoms with Crippen LogP contribution in [0.15, 0.2) is 34.4 Å². The Bertz CT molecular complexity index is 1090. The van der Waals surface area contributed by atoms with Crippen molar-refractivity contribution in [3.63, 3.8) is 0 Å². The van der Waals surface area contributed by atoms with E-state index in [2.05, 4.69) is 15.3 Å². The van der Waals surface area contributed by atoms with Gasteiger partial charge >= 0.3 is 0 Å². The molecule has 8 heteroatoms. The first-order valence-electron chi connectivity index (χ1n) is 8.37. The predicted molar refractivity (Wildman–Crippen MR) is 102 cm³/mol. The van der Waals surface area contributed by atoms with E-state index in [0.717, 1.165) is 11.1 Å². The van der Waals surface area contributed by atoms with Crippen molar-refractivity contribution in [2.24, 2.45) is 0 Å². The van der Waals surface area contributed by atoms with E-state index in [1.807, 2.05) is 29.6 Å². The average molecular weight is 383 g/mol. The number of ether oxygens (including phenoxy) is 2. The van der Waals surface area contributed by atoms with Crippen LogP contribution in [0.3, 0.4) is 0 Å². The minimum absolute atomic E-state index is 0.162. The summed E-state index contributed by atoms with van der Waals surface area (Å²) in [5.41, 5.74) is 3.14. The number of hydrogen-bond acceptors (Lipinski definition) is 6. The lowest BCUT2D eigenvalue weighted by molar-refractivity contribution is -0.114. The second-order valence-electron chi connectivity index (χ2n) is 6.27. The highest BCUT2D eigenvalue weighted by molar-refractivity contribution is 7.13. The van der Waals surface area contributed by atoms with Gasteiger partial charge in [0.25, 0.3) is 5.56 Å². The van der Waals surface area contributed by atoms with Crippen LogP contribution in [-0.4, -0.2) is 15.9 Å². The third-order valence-corrected chi connectivity index (χ3v) is 4.93. The van der Waals surface area contributed by atoms with Gasteiger partial charge in [-0.25, -0.2) is 4.98 Å². The van der Waals surface area contributed by atoms with Crippen molar-refractivity contribution in [2.75, 3.05) is 5.32 Å². The van der Waals surface area contributed by atoms with E-state index < -0.39 is 0 Å². The van der Waals surface area contributed by atoms with Crippen LogP contribution in [0.1, 0.15) is 29.3 Å². The van der Waals surface area contributed by atoms with Gasteiger partial charge in [0.1, 0.15) is 6.61 Å². The molecule has 0 saturated carbocycles. The van der Waals surface area contributed by atoms with E-state index in [4.69, 9.17) is 9.47 Å². The highest BCUT2D eigenvalue weighted by atomic mass is 32.1. The van der Waals surface area contributed by atoms with Crippen LogP contribution in [-0.2, 0) is 17.8 Å². The van der Waals surface area contributed by atoms with Crippen LogP contribution in [0, 0.1) is 6.92 Å². The lowest BCUT2D eigenvalue weighted by Crippen LogP contribution is -2.15. The van der Waals surface area contributed by atoms with E-state index >= 15 is 0 Å². The molecule has 27 heavy (non-hydrogen) atoms. The maximum Gasteiger partial charge on any atom is 0.253 e. The Hall–Kier alpha value is -3.13. The van der Waals surface area contributed by atoms with Crippen LogP contribution in [0.25, 0.3) is 0 Å². The molecule has 0 aliphatic carbocycles. The molecule has 1 aliphatic heterocycles. The van der Waals surface area contributed by atoms with E-state index in [1.54, 1.807) is 6.92 Å². The molecular formula is C19H17N3O4S. The second kappa shape index (κ2) is 6.88. The molecule has 2 N–H and O–H groups in total. The zero-order valence-corrected chi connectivity index (χ0v) is 15.6. The first kappa shape index (κ1) is 17.3. The first-order valence-corrected chi connectivity index (χ1v) is 9.25. The molecule has 3 aromatic rings. The summed E-state index contributed by atoms with van der Waals surface area (Å²) in [5, 5.41) is 5.02. The maximum absolute atomic E-state index is 11.9. The van der Waals surface area contributed by atoms with E-state index in [1.165, 1.54) is 18.3 Å². The summed E-state index contributed by atoms with van der Waals surface area (Å²) in [7, 11) is 0. The fraction of sp³-hybridized carbons (Fsp3) is 0.211. The molecule has 0 bridgehead atoms. The summed E-state index contributed by atoms with van der Waals surface area (Å²) in [6, 6.07) is 7.55. The number of aryl methyl sites for hydroxylation is 1. The number of hydrogen-bond donors (Lipinski definition) is 2. The molecule has 0 radical (unpaired) electrons. The van der Waals surface area contributed by atoms with Gasteiger partial charge < -0.3 is 14.8 Å². The van der Waals surface area contributed by atoms with Crippen LogP contribution in [0.4, 0.5) is 5.13 Å². The van der Waals surface area contributed by atoms with E-state index in [9.17, 15) is 9.59 Å². The Morgan fingerprint density at radius 3 is 3.07 bits per heavy atom. The number of aromatic nitrogens is 2. The zero-order chi connectivity index (χ0) is 19.0.